The minimum atomic E-state index is -1.21. The minimum Gasteiger partial charge on any atom is -0.481 e. The molecule has 0 fully saturated rings. The van der Waals surface area contributed by atoms with E-state index in [1.165, 1.54) is 0 Å². The second kappa shape index (κ2) is 13.1. The first kappa shape index (κ1) is 31.1. The topological polar surface area (TPSA) is 167 Å². The van der Waals surface area contributed by atoms with Crippen molar-refractivity contribution < 1.29 is 34.1 Å². The van der Waals surface area contributed by atoms with Crippen LogP contribution in [0.4, 0.5) is 15.3 Å². The zero-order chi connectivity index (χ0) is 29.5. The van der Waals surface area contributed by atoms with E-state index in [-0.39, 0.29) is 24.6 Å². The van der Waals surface area contributed by atoms with Crippen molar-refractivity contribution in [1.82, 2.24) is 15.6 Å². The number of alkyl carbamates (subject to hydrolysis) is 1. The summed E-state index contributed by atoms with van der Waals surface area (Å²) < 4.78 is 5.41. The number of aryl methyl sites for hydroxylation is 2. The number of carboxylic acid groups (broad SMARTS) is 2. The Balaban J connectivity index is 2.81. The number of hydrogen-bond acceptors (Lipinski definition) is 6. The highest BCUT2D eigenvalue weighted by Gasteiger charge is 2.25. The van der Waals surface area contributed by atoms with Crippen LogP contribution < -0.4 is 16.0 Å². The van der Waals surface area contributed by atoms with Gasteiger partial charge in [0.25, 0.3) is 0 Å². The molecule has 11 heteroatoms. The van der Waals surface area contributed by atoms with E-state index in [1.807, 2.05) is 26.8 Å². The number of carboxylic acids is 2. The molecule has 2 rings (SSSR count). The number of anilines is 1. The van der Waals surface area contributed by atoms with Gasteiger partial charge < -0.3 is 30.9 Å². The smallest absolute Gasteiger partial charge is 0.407 e. The third kappa shape index (κ3) is 9.59. The molecular weight excluding hydrogens is 504 g/mol. The zero-order valence-electron chi connectivity index (χ0n) is 23.5. The van der Waals surface area contributed by atoms with Crippen molar-refractivity contribution in [2.24, 2.45) is 5.92 Å². The van der Waals surface area contributed by atoms with Crippen LogP contribution in [0.5, 0.6) is 0 Å². The molecule has 3 amide bonds. The first-order valence-corrected chi connectivity index (χ1v) is 12.6. The zero-order valence-corrected chi connectivity index (χ0v) is 23.5. The van der Waals surface area contributed by atoms with Crippen molar-refractivity contribution in [1.29, 1.82) is 0 Å². The highest BCUT2D eigenvalue weighted by atomic mass is 16.6. The van der Waals surface area contributed by atoms with Crippen LogP contribution in [0.25, 0.3) is 11.1 Å². The molecule has 0 spiro atoms. The quantitative estimate of drug-likeness (QED) is 0.294. The van der Waals surface area contributed by atoms with E-state index in [9.17, 15) is 24.3 Å². The standard InChI is InChI=1S/C28H38N4O7/c1-15(2)10-21-20(13-30-27(38)39-28(5,6)7)24(19-9-8-16(3)11-18(19)12-22(33)34)25(17(4)31-21)32-26(37)29-14-23(35)36/h8-9,11,15H,10,12-14H2,1-7H3,(H,30,38)(H,33,34)(H,35,36)(H2,29,32,37). The van der Waals surface area contributed by atoms with Crippen molar-refractivity contribution in [3.63, 3.8) is 0 Å². The number of benzene rings is 1. The number of aromatic nitrogens is 1. The second-order valence-electron chi connectivity index (χ2n) is 10.8. The van der Waals surface area contributed by atoms with Crippen LogP contribution in [0.3, 0.4) is 0 Å². The first-order valence-electron chi connectivity index (χ1n) is 12.6. The lowest BCUT2D eigenvalue weighted by molar-refractivity contribution is -0.137. The molecule has 0 radical (unpaired) electrons. The number of amides is 3. The number of carbonyl (C=O) groups is 4. The second-order valence-corrected chi connectivity index (χ2v) is 10.8. The van der Waals surface area contributed by atoms with E-state index in [2.05, 4.69) is 16.0 Å². The van der Waals surface area contributed by atoms with Crippen molar-refractivity contribution in [2.45, 2.75) is 73.5 Å². The molecule has 1 aromatic heterocycles. The number of urea groups is 1. The van der Waals surface area contributed by atoms with Crippen LogP contribution in [0, 0.1) is 19.8 Å². The monoisotopic (exact) mass is 542 g/mol. The Hall–Kier alpha value is -4.15. The van der Waals surface area contributed by atoms with E-state index < -0.39 is 36.2 Å². The van der Waals surface area contributed by atoms with Crippen molar-refractivity contribution in [3.8, 4) is 11.1 Å². The summed E-state index contributed by atoms with van der Waals surface area (Å²) in [7, 11) is 0. The summed E-state index contributed by atoms with van der Waals surface area (Å²) in [5.74, 6) is -2.05. The maximum Gasteiger partial charge on any atom is 0.407 e. The van der Waals surface area contributed by atoms with Gasteiger partial charge in [0.2, 0.25) is 0 Å². The highest BCUT2D eigenvalue weighted by Crippen LogP contribution is 2.38. The van der Waals surface area contributed by atoms with Crippen molar-refractivity contribution in [3.05, 3.63) is 46.3 Å². The Morgan fingerprint density at radius 3 is 2.26 bits per heavy atom. The van der Waals surface area contributed by atoms with Gasteiger partial charge in [-0.3, -0.25) is 14.6 Å². The van der Waals surface area contributed by atoms with Gasteiger partial charge in [0.1, 0.15) is 12.1 Å². The summed E-state index contributed by atoms with van der Waals surface area (Å²) in [6.07, 6.45) is -0.375. The molecule has 0 unspecified atom stereocenters. The molecule has 1 aromatic carbocycles. The Labute approximate surface area is 228 Å². The van der Waals surface area contributed by atoms with Gasteiger partial charge in [-0.2, -0.15) is 0 Å². The van der Waals surface area contributed by atoms with Gasteiger partial charge in [0.05, 0.1) is 17.8 Å². The summed E-state index contributed by atoms with van der Waals surface area (Å²) in [4.78, 5) is 52.7. The Morgan fingerprint density at radius 1 is 1.03 bits per heavy atom. The van der Waals surface area contributed by atoms with E-state index >= 15 is 0 Å². The van der Waals surface area contributed by atoms with E-state index in [0.29, 0.717) is 40.1 Å². The van der Waals surface area contributed by atoms with Gasteiger partial charge in [-0.15, -0.1) is 0 Å². The van der Waals surface area contributed by atoms with Crippen LogP contribution >= 0.6 is 0 Å². The fourth-order valence-corrected chi connectivity index (χ4v) is 4.06. The molecule has 0 aliphatic rings. The van der Waals surface area contributed by atoms with Gasteiger partial charge >= 0.3 is 24.1 Å². The number of pyridine rings is 1. The van der Waals surface area contributed by atoms with Crippen LogP contribution in [-0.4, -0.2) is 51.4 Å². The molecule has 11 nitrogen and oxygen atoms in total. The van der Waals surface area contributed by atoms with Crippen LogP contribution in [0.15, 0.2) is 18.2 Å². The average molecular weight is 543 g/mol. The third-order valence-corrected chi connectivity index (χ3v) is 5.49. The molecule has 2 aromatic rings. The lowest BCUT2D eigenvalue weighted by Crippen LogP contribution is -2.34. The molecule has 0 bridgehead atoms. The predicted molar refractivity (Wildman–Crippen MR) is 147 cm³/mol. The van der Waals surface area contributed by atoms with Gasteiger partial charge in [0.15, 0.2) is 0 Å². The summed E-state index contributed by atoms with van der Waals surface area (Å²) in [6, 6.07) is 4.61. The molecule has 1 heterocycles. The number of nitrogens with one attached hydrogen (secondary N) is 3. The molecule has 39 heavy (non-hydrogen) atoms. The number of carbonyl (C=O) groups excluding carboxylic acids is 2. The number of hydrogen-bond donors (Lipinski definition) is 5. The number of nitrogens with zero attached hydrogens (tertiary/aromatic N) is 1. The number of rotatable bonds is 10. The molecule has 212 valence electrons. The highest BCUT2D eigenvalue weighted by molar-refractivity contribution is 5.98. The van der Waals surface area contributed by atoms with Gasteiger partial charge in [0, 0.05) is 23.4 Å². The lowest BCUT2D eigenvalue weighted by atomic mass is 9.88. The maximum absolute atomic E-state index is 12.7. The van der Waals surface area contributed by atoms with Gasteiger partial charge in [-0.1, -0.05) is 37.6 Å². The molecule has 0 aliphatic heterocycles. The van der Waals surface area contributed by atoms with Crippen molar-refractivity contribution in [2.75, 3.05) is 11.9 Å². The first-order chi connectivity index (χ1) is 18.1. The lowest BCUT2D eigenvalue weighted by Gasteiger charge is -2.24. The summed E-state index contributed by atoms with van der Waals surface area (Å²) >= 11 is 0. The predicted octanol–water partition coefficient (Wildman–Crippen LogP) is 4.42. The SMILES string of the molecule is Cc1ccc(-c2c(CNC(=O)OC(C)(C)C)c(CC(C)C)nc(C)c2NC(=O)NCC(=O)O)c(CC(=O)O)c1. The number of aliphatic carboxylic acids is 2. The minimum absolute atomic E-state index is 0.00854. The molecule has 0 aliphatic carbocycles. The Morgan fingerprint density at radius 2 is 1.69 bits per heavy atom. The summed E-state index contributed by atoms with van der Waals surface area (Å²) in [5.41, 5.74) is 3.68. The van der Waals surface area contributed by atoms with Gasteiger partial charge in [-0.25, -0.2) is 9.59 Å². The fourth-order valence-electron chi connectivity index (χ4n) is 4.06. The maximum atomic E-state index is 12.7. The van der Waals surface area contributed by atoms with E-state index in [0.717, 1.165) is 5.56 Å². The van der Waals surface area contributed by atoms with E-state index in [1.54, 1.807) is 39.8 Å². The number of ether oxygens (including phenoxy) is 1. The molecule has 0 saturated carbocycles. The Bertz CT molecular complexity index is 1250. The molecule has 5 N–H and O–H groups in total. The van der Waals surface area contributed by atoms with Crippen molar-refractivity contribution >= 4 is 29.8 Å². The summed E-state index contributed by atoms with van der Waals surface area (Å²) in [6.45, 7) is 12.2. The normalized spacial score (nSPS) is 11.2. The van der Waals surface area contributed by atoms with Crippen LogP contribution in [0.1, 0.15) is 62.7 Å². The largest absolute Gasteiger partial charge is 0.481 e. The summed E-state index contributed by atoms with van der Waals surface area (Å²) in [5, 5.41) is 26.3. The van der Waals surface area contributed by atoms with Crippen LogP contribution in [-0.2, 0) is 33.7 Å². The van der Waals surface area contributed by atoms with Crippen LogP contribution in [0.2, 0.25) is 0 Å². The average Bonchev–Trinajstić information content (AvgIpc) is 2.77. The van der Waals surface area contributed by atoms with E-state index in [4.69, 9.17) is 14.8 Å². The molecule has 0 saturated heterocycles. The Kier molecular flexibility index (Phi) is 10.4. The third-order valence-electron chi connectivity index (χ3n) is 5.49. The molecule has 0 atom stereocenters. The molecular formula is C28H38N4O7. The fraction of sp³-hybridized carbons (Fsp3) is 0.464. The van der Waals surface area contributed by atoms with Gasteiger partial charge in [-0.05, 0) is 58.1 Å².